The van der Waals surface area contributed by atoms with E-state index in [1.54, 1.807) is 42.5 Å². The van der Waals surface area contributed by atoms with Gasteiger partial charge in [-0.15, -0.1) is 0 Å². The molecule has 32 heavy (non-hydrogen) atoms. The quantitative estimate of drug-likeness (QED) is 0.434. The summed E-state index contributed by atoms with van der Waals surface area (Å²) in [5, 5.41) is 0.352. The van der Waals surface area contributed by atoms with E-state index in [1.165, 1.54) is 23.1 Å². The van der Waals surface area contributed by atoms with Gasteiger partial charge in [0, 0.05) is 12.1 Å². The van der Waals surface area contributed by atoms with Crippen LogP contribution < -0.4 is 5.43 Å². The van der Waals surface area contributed by atoms with Crippen molar-refractivity contribution in [2.75, 3.05) is 0 Å². The molecule has 1 atom stereocenters. The van der Waals surface area contributed by atoms with Gasteiger partial charge in [0.15, 0.2) is 5.43 Å². The molecule has 160 valence electrons. The first-order chi connectivity index (χ1) is 15.3. The number of rotatable bonds is 3. The first-order valence-corrected chi connectivity index (χ1v) is 10.2. The first kappa shape index (κ1) is 20.1. The Morgan fingerprint density at radius 1 is 0.938 bits per heavy atom. The lowest BCUT2D eigenvalue weighted by atomic mass is 9.97. The second-order valence-corrected chi connectivity index (χ2v) is 8.09. The molecule has 5 rings (SSSR count). The number of fused-ring (bicyclic) bond motifs is 2. The van der Waals surface area contributed by atoms with Crippen LogP contribution in [0.25, 0.3) is 11.0 Å². The molecule has 2 heterocycles. The number of hydrogen-bond donors (Lipinski definition) is 0. The summed E-state index contributed by atoms with van der Waals surface area (Å²) >= 11 is 0. The molecule has 0 fully saturated rings. The van der Waals surface area contributed by atoms with Crippen LogP contribution in [-0.2, 0) is 6.54 Å². The van der Waals surface area contributed by atoms with Crippen molar-refractivity contribution in [3.8, 4) is 0 Å². The van der Waals surface area contributed by atoms with Crippen molar-refractivity contribution < 1.29 is 18.0 Å². The molecule has 1 aliphatic heterocycles. The van der Waals surface area contributed by atoms with Crippen LogP contribution in [0, 0.1) is 25.5 Å². The molecule has 4 nitrogen and oxygen atoms in total. The van der Waals surface area contributed by atoms with Gasteiger partial charge in [-0.2, -0.15) is 0 Å². The summed E-state index contributed by atoms with van der Waals surface area (Å²) in [6, 6.07) is 14.3. The monoisotopic (exact) mass is 431 g/mol. The normalized spacial score (nSPS) is 15.4. The fourth-order valence-corrected chi connectivity index (χ4v) is 4.25. The molecule has 0 saturated carbocycles. The zero-order chi connectivity index (χ0) is 22.6. The molecule has 1 amide bonds. The molecule has 6 heteroatoms. The van der Waals surface area contributed by atoms with Crippen molar-refractivity contribution in [1.82, 2.24) is 4.90 Å². The van der Waals surface area contributed by atoms with Crippen LogP contribution in [0.2, 0.25) is 0 Å². The summed E-state index contributed by atoms with van der Waals surface area (Å²) in [4.78, 5) is 28.4. The minimum absolute atomic E-state index is 0.0656. The Labute approximate surface area is 182 Å². The second kappa shape index (κ2) is 7.41. The average molecular weight is 431 g/mol. The smallest absolute Gasteiger partial charge is 0.291 e. The highest BCUT2D eigenvalue weighted by Crippen LogP contribution is 2.40. The Bertz CT molecular complexity index is 1440. The van der Waals surface area contributed by atoms with Crippen molar-refractivity contribution >= 4 is 16.9 Å². The third-order valence-electron chi connectivity index (χ3n) is 6.05. The highest BCUT2D eigenvalue weighted by Gasteiger charge is 2.43. The van der Waals surface area contributed by atoms with Crippen LogP contribution in [0.4, 0.5) is 8.78 Å². The Kier molecular flexibility index (Phi) is 4.66. The number of hydrogen-bond acceptors (Lipinski definition) is 3. The van der Waals surface area contributed by atoms with E-state index in [9.17, 15) is 18.4 Å². The van der Waals surface area contributed by atoms with Crippen molar-refractivity contribution in [3.63, 3.8) is 0 Å². The predicted molar refractivity (Wildman–Crippen MR) is 116 cm³/mol. The maximum atomic E-state index is 14.9. The van der Waals surface area contributed by atoms with Crippen LogP contribution >= 0.6 is 0 Å². The number of amides is 1. The van der Waals surface area contributed by atoms with Crippen LogP contribution in [0.5, 0.6) is 0 Å². The lowest BCUT2D eigenvalue weighted by Gasteiger charge is -2.25. The predicted octanol–water partition coefficient (Wildman–Crippen LogP) is 5.43. The average Bonchev–Trinajstić information content (AvgIpc) is 3.04. The van der Waals surface area contributed by atoms with Gasteiger partial charge >= 0.3 is 0 Å². The fraction of sp³-hybridized carbons (Fsp3) is 0.154. The number of carbonyl (C=O) groups is 1. The van der Waals surface area contributed by atoms with E-state index < -0.39 is 23.6 Å². The molecule has 0 N–H and O–H groups in total. The molecule has 0 spiro atoms. The minimum Gasteiger partial charge on any atom is -0.450 e. The summed E-state index contributed by atoms with van der Waals surface area (Å²) in [7, 11) is 0. The van der Waals surface area contributed by atoms with Crippen LogP contribution in [-0.4, -0.2) is 10.8 Å². The van der Waals surface area contributed by atoms with Crippen LogP contribution in [0.3, 0.4) is 0 Å². The molecule has 0 saturated heterocycles. The van der Waals surface area contributed by atoms with E-state index in [1.807, 2.05) is 13.8 Å². The van der Waals surface area contributed by atoms with Gasteiger partial charge in [0.1, 0.15) is 17.2 Å². The van der Waals surface area contributed by atoms with Crippen molar-refractivity contribution in [2.24, 2.45) is 0 Å². The summed E-state index contributed by atoms with van der Waals surface area (Å²) in [5.41, 5.74) is 2.79. The van der Waals surface area contributed by atoms with Gasteiger partial charge in [-0.1, -0.05) is 30.3 Å². The third kappa shape index (κ3) is 3.11. The van der Waals surface area contributed by atoms with Crippen molar-refractivity contribution in [1.29, 1.82) is 0 Å². The molecule has 0 radical (unpaired) electrons. The van der Waals surface area contributed by atoms with Crippen LogP contribution in [0.15, 0.2) is 69.9 Å². The summed E-state index contributed by atoms with van der Waals surface area (Å²) < 4.78 is 34.2. The van der Waals surface area contributed by atoms with Gasteiger partial charge in [0.2, 0.25) is 5.76 Å². The maximum Gasteiger partial charge on any atom is 0.291 e. The standard InChI is InChI=1S/C26H19F2NO3/c1-14-11-19-21(12-15(14)2)32-25-22(24(19)30)23(18-5-3-4-6-20(18)28)29(26(25)31)13-16-7-9-17(27)10-8-16/h3-12,23H,13H2,1-2H3. The minimum atomic E-state index is -0.953. The van der Waals surface area contributed by atoms with Gasteiger partial charge < -0.3 is 9.32 Å². The van der Waals surface area contributed by atoms with E-state index in [-0.39, 0.29) is 28.9 Å². The van der Waals surface area contributed by atoms with Crippen LogP contribution in [0.1, 0.15) is 44.4 Å². The number of benzene rings is 3. The lowest BCUT2D eigenvalue weighted by Crippen LogP contribution is -2.29. The molecule has 1 unspecified atom stereocenters. The van der Waals surface area contributed by atoms with Gasteiger partial charge in [-0.3, -0.25) is 9.59 Å². The summed E-state index contributed by atoms with van der Waals surface area (Å²) in [5.74, 6) is -1.51. The number of carbonyl (C=O) groups excluding carboxylic acids is 1. The Morgan fingerprint density at radius 3 is 2.34 bits per heavy atom. The highest BCUT2D eigenvalue weighted by molar-refractivity contribution is 5.99. The van der Waals surface area contributed by atoms with Crippen molar-refractivity contribution in [3.05, 3.63) is 116 Å². The number of nitrogens with zero attached hydrogens (tertiary/aromatic N) is 1. The largest absolute Gasteiger partial charge is 0.450 e. The van der Waals surface area contributed by atoms with Gasteiger partial charge in [-0.05, 0) is 60.9 Å². The molecular formula is C26H19F2NO3. The van der Waals surface area contributed by atoms with Gasteiger partial charge in [0.05, 0.1) is 17.0 Å². The van der Waals surface area contributed by atoms with E-state index in [2.05, 4.69) is 0 Å². The van der Waals surface area contributed by atoms with Gasteiger partial charge in [0.25, 0.3) is 5.91 Å². The first-order valence-electron chi connectivity index (χ1n) is 10.2. The zero-order valence-corrected chi connectivity index (χ0v) is 17.5. The molecule has 0 bridgehead atoms. The Hall–Kier alpha value is -3.80. The molecule has 0 aliphatic carbocycles. The topological polar surface area (TPSA) is 50.5 Å². The maximum absolute atomic E-state index is 14.9. The number of halogens is 2. The molecule has 1 aliphatic rings. The Balaban J connectivity index is 1.75. The highest BCUT2D eigenvalue weighted by atomic mass is 19.1. The number of aryl methyl sites for hydroxylation is 2. The van der Waals surface area contributed by atoms with E-state index in [0.29, 0.717) is 16.5 Å². The van der Waals surface area contributed by atoms with Crippen molar-refractivity contribution in [2.45, 2.75) is 26.4 Å². The third-order valence-corrected chi connectivity index (χ3v) is 6.05. The molecular weight excluding hydrogens is 412 g/mol. The van der Waals surface area contributed by atoms with E-state index >= 15 is 0 Å². The summed E-state index contributed by atoms with van der Waals surface area (Å²) in [6.45, 7) is 3.85. The fourth-order valence-electron chi connectivity index (χ4n) is 4.25. The Morgan fingerprint density at radius 2 is 1.62 bits per heavy atom. The SMILES string of the molecule is Cc1cc2oc3c(c(=O)c2cc1C)C(c1ccccc1F)N(Cc1ccc(F)cc1)C3=O. The van der Waals surface area contributed by atoms with E-state index in [4.69, 9.17) is 4.42 Å². The van der Waals surface area contributed by atoms with E-state index in [0.717, 1.165) is 11.1 Å². The van der Waals surface area contributed by atoms with Gasteiger partial charge in [-0.25, -0.2) is 8.78 Å². The zero-order valence-electron chi connectivity index (χ0n) is 17.5. The molecule has 3 aromatic carbocycles. The molecule has 4 aromatic rings. The lowest BCUT2D eigenvalue weighted by molar-refractivity contribution is 0.0712. The second-order valence-electron chi connectivity index (χ2n) is 8.09. The summed E-state index contributed by atoms with van der Waals surface area (Å²) in [6.07, 6.45) is 0. The molecule has 1 aromatic heterocycles.